The van der Waals surface area contributed by atoms with Crippen molar-refractivity contribution >= 4 is 5.69 Å². The van der Waals surface area contributed by atoms with Gasteiger partial charge in [-0.1, -0.05) is 23.4 Å². The van der Waals surface area contributed by atoms with Gasteiger partial charge >= 0.3 is 0 Å². The number of anilines is 1. The molecule has 1 saturated heterocycles. The first kappa shape index (κ1) is 12.0. The van der Waals surface area contributed by atoms with Crippen LogP contribution < -0.4 is 5.43 Å². The van der Waals surface area contributed by atoms with Crippen LogP contribution in [0, 0.1) is 0 Å². The molecule has 1 fully saturated rings. The van der Waals surface area contributed by atoms with Gasteiger partial charge < -0.3 is 4.90 Å². The number of nitrogens with one attached hydrogen (secondary N) is 1. The lowest BCUT2D eigenvalue weighted by Crippen LogP contribution is -2.25. The molecule has 17 heavy (non-hydrogen) atoms. The van der Waals surface area contributed by atoms with Crippen molar-refractivity contribution < 1.29 is 0 Å². The summed E-state index contributed by atoms with van der Waals surface area (Å²) in [6.45, 7) is 2.03. The molecule has 1 aromatic rings. The summed E-state index contributed by atoms with van der Waals surface area (Å²) in [5.74, 6) is 0. The first-order valence-corrected chi connectivity index (χ1v) is 6.24. The highest BCUT2D eigenvalue weighted by Gasteiger charge is 2.19. The maximum absolute atomic E-state index is 4.15. The van der Waals surface area contributed by atoms with Crippen LogP contribution in [0.2, 0.25) is 0 Å². The van der Waals surface area contributed by atoms with Crippen LogP contribution >= 0.6 is 0 Å². The highest BCUT2D eigenvalue weighted by atomic mass is 15.4. The molecule has 0 amide bonds. The molecule has 0 spiro atoms. The Bertz CT molecular complexity index is 350. The summed E-state index contributed by atoms with van der Waals surface area (Å²) in [5, 5.41) is 8.14. The van der Waals surface area contributed by atoms with Gasteiger partial charge in [0.2, 0.25) is 0 Å². The summed E-state index contributed by atoms with van der Waals surface area (Å²) in [5.41, 5.74) is 3.91. The van der Waals surface area contributed by atoms with Crippen LogP contribution in [0.15, 0.2) is 40.7 Å². The number of likely N-dealkylation sites (tertiary alicyclic amines) is 1. The summed E-state index contributed by atoms with van der Waals surface area (Å²) in [6, 6.07) is 10.6. The molecule has 0 unspecified atom stereocenters. The summed E-state index contributed by atoms with van der Waals surface area (Å²) in [6.07, 6.45) is 3.73. The molecule has 0 aromatic heterocycles. The Hall–Kier alpha value is -1.42. The first-order chi connectivity index (χ1) is 8.36. The minimum atomic E-state index is 0.700. The summed E-state index contributed by atoms with van der Waals surface area (Å²) in [7, 11) is 2.19. The second-order valence-electron chi connectivity index (χ2n) is 4.51. The van der Waals surface area contributed by atoms with Gasteiger partial charge in [-0.25, -0.2) is 0 Å². The number of hydrogen-bond acceptors (Lipinski definition) is 3. The Balaban J connectivity index is 1.65. The van der Waals surface area contributed by atoms with E-state index in [0.717, 1.165) is 18.7 Å². The highest BCUT2D eigenvalue weighted by Crippen LogP contribution is 2.17. The van der Waals surface area contributed by atoms with Gasteiger partial charge in [-0.15, -0.1) is 0 Å². The molecule has 1 aliphatic rings. The van der Waals surface area contributed by atoms with Crippen molar-refractivity contribution in [3.63, 3.8) is 0 Å². The molecule has 4 nitrogen and oxygen atoms in total. The average Bonchev–Trinajstić information content (AvgIpc) is 2.76. The predicted octanol–water partition coefficient (Wildman–Crippen LogP) is 2.95. The molecule has 2 rings (SSSR count). The smallest absolute Gasteiger partial charge is 0.0635 e. The predicted molar refractivity (Wildman–Crippen MR) is 70.1 cm³/mol. The Morgan fingerprint density at radius 1 is 1.35 bits per heavy atom. The molecule has 0 radical (unpaired) electrons. The molecule has 1 N–H and O–H groups in total. The van der Waals surface area contributed by atoms with E-state index in [4.69, 9.17) is 0 Å². The second-order valence-corrected chi connectivity index (χ2v) is 4.51. The van der Waals surface area contributed by atoms with Gasteiger partial charge in [0.1, 0.15) is 0 Å². The lowest BCUT2D eigenvalue weighted by Gasteiger charge is -2.17. The highest BCUT2D eigenvalue weighted by molar-refractivity contribution is 5.41. The number of nitrogens with zero attached hydrogens (tertiary/aromatic N) is 3. The van der Waals surface area contributed by atoms with Gasteiger partial charge in [0.25, 0.3) is 0 Å². The fraction of sp³-hybridized carbons (Fsp3) is 0.538. The summed E-state index contributed by atoms with van der Waals surface area (Å²) >= 11 is 0. The Morgan fingerprint density at radius 3 is 2.88 bits per heavy atom. The van der Waals surface area contributed by atoms with Crippen LogP contribution in [0.3, 0.4) is 0 Å². The van der Waals surface area contributed by atoms with Crippen molar-refractivity contribution in [3.05, 3.63) is 30.3 Å². The zero-order valence-corrected chi connectivity index (χ0v) is 10.3. The molecule has 1 heterocycles. The van der Waals surface area contributed by atoms with Crippen molar-refractivity contribution in [2.75, 3.05) is 25.6 Å². The third kappa shape index (κ3) is 3.82. The van der Waals surface area contributed by atoms with Crippen molar-refractivity contribution in [1.82, 2.24) is 4.90 Å². The average molecular weight is 232 g/mol. The second kappa shape index (κ2) is 6.35. The Kier molecular flexibility index (Phi) is 4.50. The Labute approximate surface area is 103 Å². The van der Waals surface area contributed by atoms with E-state index in [1.54, 1.807) is 0 Å². The van der Waals surface area contributed by atoms with E-state index >= 15 is 0 Å². The van der Waals surface area contributed by atoms with Gasteiger partial charge in [-0.2, -0.15) is 5.11 Å². The van der Waals surface area contributed by atoms with Crippen LogP contribution in [0.1, 0.15) is 19.3 Å². The molecule has 1 aromatic carbocycles. The lowest BCUT2D eigenvalue weighted by atomic mass is 10.1. The fourth-order valence-electron chi connectivity index (χ4n) is 2.21. The minimum Gasteiger partial charge on any atom is -0.303 e. The van der Waals surface area contributed by atoms with Crippen LogP contribution in [-0.2, 0) is 0 Å². The molecule has 0 saturated carbocycles. The van der Waals surface area contributed by atoms with Crippen LogP contribution in [0.25, 0.3) is 0 Å². The summed E-state index contributed by atoms with van der Waals surface area (Å²) < 4.78 is 0. The third-order valence-electron chi connectivity index (χ3n) is 3.26. The number of rotatable bonds is 5. The normalized spacial score (nSPS) is 21.1. The lowest BCUT2D eigenvalue weighted by molar-refractivity contribution is 0.298. The van der Waals surface area contributed by atoms with Crippen LogP contribution in [0.4, 0.5) is 5.69 Å². The molecular formula is C13H20N4. The van der Waals surface area contributed by atoms with Crippen LogP contribution in [-0.4, -0.2) is 31.1 Å². The molecule has 0 aliphatic carbocycles. The standard InChI is InChI=1S/C13H20N4/c1-17-11-5-8-13(17)9-10-14-16-15-12-6-3-2-4-7-12/h2-4,6-7,13H,5,8-11H2,1H3,(H,14,15)/t13-/m1/s1. The first-order valence-electron chi connectivity index (χ1n) is 6.24. The minimum absolute atomic E-state index is 0.700. The third-order valence-corrected chi connectivity index (χ3v) is 3.26. The number of benzene rings is 1. The van der Waals surface area contributed by atoms with Crippen LogP contribution in [0.5, 0.6) is 0 Å². The molecular weight excluding hydrogens is 212 g/mol. The van der Waals surface area contributed by atoms with Gasteiger partial charge in [0, 0.05) is 6.04 Å². The maximum atomic E-state index is 4.15. The number of para-hydroxylation sites is 1. The SMILES string of the molecule is CN1CCC[C@@H]1CCN=NNc1ccccc1. The topological polar surface area (TPSA) is 40.0 Å². The zero-order valence-electron chi connectivity index (χ0n) is 10.3. The summed E-state index contributed by atoms with van der Waals surface area (Å²) in [4.78, 5) is 2.42. The Morgan fingerprint density at radius 2 is 2.18 bits per heavy atom. The van der Waals surface area contributed by atoms with E-state index < -0.39 is 0 Å². The van der Waals surface area contributed by atoms with E-state index in [2.05, 4.69) is 27.7 Å². The van der Waals surface area contributed by atoms with E-state index in [9.17, 15) is 0 Å². The quantitative estimate of drug-likeness (QED) is 0.626. The number of hydrogen-bond donors (Lipinski definition) is 1. The maximum Gasteiger partial charge on any atom is 0.0635 e. The van der Waals surface area contributed by atoms with Crippen molar-refractivity contribution in [2.24, 2.45) is 10.3 Å². The molecule has 92 valence electrons. The molecule has 4 heteroatoms. The fourth-order valence-corrected chi connectivity index (χ4v) is 2.21. The van der Waals surface area contributed by atoms with E-state index in [-0.39, 0.29) is 0 Å². The van der Waals surface area contributed by atoms with E-state index in [1.807, 2.05) is 30.3 Å². The monoisotopic (exact) mass is 232 g/mol. The van der Waals surface area contributed by atoms with E-state index in [0.29, 0.717) is 6.04 Å². The van der Waals surface area contributed by atoms with Gasteiger partial charge in [-0.05, 0) is 45.0 Å². The van der Waals surface area contributed by atoms with Gasteiger partial charge in [-0.3, -0.25) is 5.43 Å². The van der Waals surface area contributed by atoms with Gasteiger partial charge in [0.05, 0.1) is 12.2 Å². The van der Waals surface area contributed by atoms with Crippen molar-refractivity contribution in [3.8, 4) is 0 Å². The van der Waals surface area contributed by atoms with Crippen molar-refractivity contribution in [1.29, 1.82) is 0 Å². The van der Waals surface area contributed by atoms with Crippen molar-refractivity contribution in [2.45, 2.75) is 25.3 Å². The molecule has 1 atom stereocenters. The molecule has 1 aliphatic heterocycles. The zero-order chi connectivity index (χ0) is 11.9. The molecule has 0 bridgehead atoms. The van der Waals surface area contributed by atoms with E-state index in [1.165, 1.54) is 19.4 Å². The largest absolute Gasteiger partial charge is 0.303 e. The van der Waals surface area contributed by atoms with Gasteiger partial charge in [0.15, 0.2) is 0 Å².